The molecule has 0 atom stereocenters. The first-order valence-electron chi connectivity index (χ1n) is 8.80. The summed E-state index contributed by atoms with van der Waals surface area (Å²) in [6, 6.07) is 7.16. The molecule has 1 aromatic carbocycles. The summed E-state index contributed by atoms with van der Waals surface area (Å²) in [7, 11) is -3.94. The largest absolute Gasteiger partial charge is 0.461 e. The molecule has 0 aliphatic rings. The van der Waals surface area contributed by atoms with Crippen molar-refractivity contribution in [2.45, 2.75) is 38.5 Å². The first-order valence-corrected chi connectivity index (χ1v) is 10.3. The molecule has 0 fully saturated rings. The average Bonchev–Trinajstić information content (AvgIpc) is 2.61. The SMILES string of the molecule is CCCCOC(=O)c1cc(C=C(C)C)nc(NS(=O)(=O)c2ccc(N)cc2)n1. The maximum Gasteiger partial charge on any atom is 0.357 e. The van der Waals surface area contributed by atoms with Gasteiger partial charge in [-0.2, -0.15) is 0 Å². The summed E-state index contributed by atoms with van der Waals surface area (Å²) >= 11 is 0. The zero-order valence-corrected chi connectivity index (χ0v) is 16.9. The molecule has 0 amide bonds. The number of carbonyl (C=O) groups excluding carboxylic acids is 1. The second-order valence-corrected chi connectivity index (χ2v) is 8.07. The molecule has 150 valence electrons. The molecule has 0 unspecified atom stereocenters. The first kappa shape index (κ1) is 21.4. The van der Waals surface area contributed by atoms with E-state index < -0.39 is 16.0 Å². The Kier molecular flexibility index (Phi) is 7.11. The van der Waals surface area contributed by atoms with E-state index in [0.717, 1.165) is 18.4 Å². The lowest BCUT2D eigenvalue weighted by Gasteiger charge is -2.10. The molecule has 0 aliphatic carbocycles. The van der Waals surface area contributed by atoms with E-state index in [1.54, 1.807) is 6.08 Å². The number of anilines is 2. The number of nitrogens with zero attached hydrogens (tertiary/aromatic N) is 2. The minimum absolute atomic E-state index is 0.00462. The van der Waals surface area contributed by atoms with Gasteiger partial charge in [0.05, 0.1) is 17.2 Å². The van der Waals surface area contributed by atoms with Crippen molar-refractivity contribution in [2.24, 2.45) is 0 Å². The molecule has 2 rings (SSSR count). The van der Waals surface area contributed by atoms with Crippen LogP contribution in [-0.4, -0.2) is 31.0 Å². The van der Waals surface area contributed by atoms with Crippen molar-refractivity contribution in [2.75, 3.05) is 17.1 Å². The van der Waals surface area contributed by atoms with E-state index in [1.165, 1.54) is 30.3 Å². The zero-order valence-electron chi connectivity index (χ0n) is 16.1. The molecule has 1 heterocycles. The molecular formula is C19H24N4O4S. The van der Waals surface area contributed by atoms with E-state index in [2.05, 4.69) is 14.7 Å². The molecular weight excluding hydrogens is 380 g/mol. The van der Waals surface area contributed by atoms with Crippen molar-refractivity contribution in [1.82, 2.24) is 9.97 Å². The summed E-state index contributed by atoms with van der Waals surface area (Å²) in [5, 5.41) is 0. The summed E-state index contributed by atoms with van der Waals surface area (Å²) in [4.78, 5) is 20.5. The van der Waals surface area contributed by atoms with Crippen LogP contribution in [0.3, 0.4) is 0 Å². The monoisotopic (exact) mass is 404 g/mol. The number of carbonyl (C=O) groups is 1. The highest BCUT2D eigenvalue weighted by atomic mass is 32.2. The smallest absolute Gasteiger partial charge is 0.357 e. The summed E-state index contributed by atoms with van der Waals surface area (Å²) in [5.41, 5.74) is 7.34. The molecule has 9 heteroatoms. The number of allylic oxidation sites excluding steroid dienone is 1. The number of benzene rings is 1. The van der Waals surface area contributed by atoms with Gasteiger partial charge in [-0.1, -0.05) is 18.9 Å². The minimum atomic E-state index is -3.94. The Bertz CT molecular complexity index is 966. The fraction of sp³-hybridized carbons (Fsp3) is 0.316. The van der Waals surface area contributed by atoms with Crippen molar-refractivity contribution >= 4 is 33.7 Å². The number of sulfonamides is 1. The maximum atomic E-state index is 12.6. The van der Waals surface area contributed by atoms with Crippen molar-refractivity contribution in [1.29, 1.82) is 0 Å². The number of esters is 1. The van der Waals surface area contributed by atoms with Gasteiger partial charge in [0.15, 0.2) is 5.69 Å². The van der Waals surface area contributed by atoms with E-state index in [0.29, 0.717) is 11.4 Å². The maximum absolute atomic E-state index is 12.6. The van der Waals surface area contributed by atoms with Gasteiger partial charge in [0.1, 0.15) is 0 Å². The van der Waals surface area contributed by atoms with Gasteiger partial charge in [-0.15, -0.1) is 0 Å². The van der Waals surface area contributed by atoms with Crippen LogP contribution < -0.4 is 10.5 Å². The van der Waals surface area contributed by atoms with Crippen molar-refractivity contribution < 1.29 is 17.9 Å². The number of nitrogens with one attached hydrogen (secondary N) is 1. The van der Waals surface area contributed by atoms with Gasteiger partial charge in [-0.05, 0) is 56.7 Å². The van der Waals surface area contributed by atoms with Gasteiger partial charge in [0, 0.05) is 5.69 Å². The Morgan fingerprint density at radius 1 is 1.21 bits per heavy atom. The molecule has 2 aromatic rings. The third kappa shape index (κ3) is 6.05. The molecule has 3 N–H and O–H groups in total. The first-order chi connectivity index (χ1) is 13.2. The highest BCUT2D eigenvalue weighted by Gasteiger charge is 2.18. The molecule has 0 radical (unpaired) electrons. The molecule has 0 spiro atoms. The standard InChI is InChI=1S/C19H24N4O4S/c1-4-5-10-27-18(24)17-12-15(11-13(2)3)21-19(22-17)23-28(25,26)16-8-6-14(20)7-9-16/h6-9,11-12H,4-5,10,20H2,1-3H3,(H,21,22,23). The number of hydrogen-bond acceptors (Lipinski definition) is 7. The van der Waals surface area contributed by atoms with Gasteiger partial charge in [0.25, 0.3) is 10.0 Å². The van der Waals surface area contributed by atoms with Crippen molar-refractivity contribution in [3.8, 4) is 0 Å². The number of nitrogen functional groups attached to an aromatic ring is 1. The lowest BCUT2D eigenvalue weighted by atomic mass is 10.2. The van der Waals surface area contributed by atoms with Gasteiger partial charge in [0.2, 0.25) is 5.95 Å². The number of unbranched alkanes of at least 4 members (excludes halogenated alkanes) is 1. The average molecular weight is 404 g/mol. The number of ether oxygens (including phenoxy) is 1. The second-order valence-electron chi connectivity index (χ2n) is 6.39. The third-order valence-corrected chi connectivity index (χ3v) is 4.88. The van der Waals surface area contributed by atoms with Crippen LogP contribution in [0.2, 0.25) is 0 Å². The van der Waals surface area contributed by atoms with E-state index in [-0.39, 0.29) is 23.1 Å². The Hall–Kier alpha value is -2.94. The summed E-state index contributed by atoms with van der Waals surface area (Å²) in [6.45, 7) is 5.97. The van der Waals surface area contributed by atoms with Crippen LogP contribution >= 0.6 is 0 Å². The normalized spacial score (nSPS) is 11.0. The molecule has 8 nitrogen and oxygen atoms in total. The van der Waals surface area contributed by atoms with Crippen LogP contribution in [0, 0.1) is 0 Å². The van der Waals surface area contributed by atoms with Gasteiger partial charge in [-0.25, -0.2) is 27.9 Å². The topological polar surface area (TPSA) is 124 Å². The molecule has 28 heavy (non-hydrogen) atoms. The zero-order chi connectivity index (χ0) is 20.7. The summed E-state index contributed by atoms with van der Waals surface area (Å²) < 4.78 is 32.6. The molecule has 1 aromatic heterocycles. The molecule has 0 aliphatic heterocycles. The van der Waals surface area contributed by atoms with Crippen molar-refractivity contribution in [3.05, 3.63) is 47.3 Å². The fourth-order valence-electron chi connectivity index (χ4n) is 2.20. The highest BCUT2D eigenvalue weighted by molar-refractivity contribution is 7.92. The Morgan fingerprint density at radius 2 is 1.89 bits per heavy atom. The molecule has 0 bridgehead atoms. The summed E-state index contributed by atoms with van der Waals surface area (Å²) in [6.07, 6.45) is 3.33. The van der Waals surface area contributed by atoms with Gasteiger partial charge in [-0.3, -0.25) is 0 Å². The number of rotatable bonds is 8. The predicted molar refractivity (Wildman–Crippen MR) is 108 cm³/mol. The van der Waals surface area contributed by atoms with Crippen LogP contribution in [0.4, 0.5) is 11.6 Å². The number of aromatic nitrogens is 2. The number of hydrogen-bond donors (Lipinski definition) is 2. The van der Waals surface area contributed by atoms with E-state index >= 15 is 0 Å². The molecule has 0 saturated carbocycles. The Balaban J connectivity index is 2.36. The second kappa shape index (κ2) is 9.32. The minimum Gasteiger partial charge on any atom is -0.461 e. The quantitative estimate of drug-likeness (QED) is 0.393. The van der Waals surface area contributed by atoms with Crippen LogP contribution in [-0.2, 0) is 14.8 Å². The van der Waals surface area contributed by atoms with Crippen LogP contribution in [0.5, 0.6) is 0 Å². The predicted octanol–water partition coefficient (Wildman–Crippen LogP) is 3.24. The van der Waals surface area contributed by atoms with Gasteiger partial charge < -0.3 is 10.5 Å². The highest BCUT2D eigenvalue weighted by Crippen LogP contribution is 2.17. The Labute approximate surface area is 164 Å². The van der Waals surface area contributed by atoms with E-state index in [1.807, 2.05) is 20.8 Å². The number of nitrogens with two attached hydrogens (primary N) is 1. The fourth-order valence-corrected chi connectivity index (χ4v) is 3.14. The van der Waals surface area contributed by atoms with Crippen LogP contribution in [0.15, 0.2) is 40.8 Å². The Morgan fingerprint density at radius 3 is 2.50 bits per heavy atom. The third-order valence-electron chi connectivity index (χ3n) is 3.54. The summed E-state index contributed by atoms with van der Waals surface area (Å²) in [5.74, 6) is -0.846. The van der Waals surface area contributed by atoms with Crippen LogP contribution in [0.1, 0.15) is 49.8 Å². The van der Waals surface area contributed by atoms with Crippen LogP contribution in [0.25, 0.3) is 6.08 Å². The van der Waals surface area contributed by atoms with E-state index in [9.17, 15) is 13.2 Å². The lowest BCUT2D eigenvalue weighted by Crippen LogP contribution is -2.17. The van der Waals surface area contributed by atoms with Gasteiger partial charge >= 0.3 is 5.97 Å². The van der Waals surface area contributed by atoms with E-state index in [4.69, 9.17) is 10.5 Å². The molecule has 0 saturated heterocycles. The van der Waals surface area contributed by atoms with Crippen molar-refractivity contribution in [3.63, 3.8) is 0 Å². The lowest BCUT2D eigenvalue weighted by molar-refractivity contribution is 0.0492.